The van der Waals surface area contributed by atoms with Gasteiger partial charge < -0.3 is 0 Å². The molecule has 1 aromatic carbocycles. The maximum absolute atomic E-state index is 12.3. The Kier molecular flexibility index (Phi) is 4.25. The first kappa shape index (κ1) is 14.7. The van der Waals surface area contributed by atoms with E-state index < -0.39 is 10.0 Å². The van der Waals surface area contributed by atoms with Gasteiger partial charge in [-0.25, -0.2) is 18.4 Å². The minimum Gasteiger partial charge on any atom is -0.279 e. The van der Waals surface area contributed by atoms with Crippen LogP contribution in [0, 0.1) is 0 Å². The summed E-state index contributed by atoms with van der Waals surface area (Å²) >= 11 is 5.55. The second kappa shape index (κ2) is 5.76. The molecule has 0 spiro atoms. The smallest absolute Gasteiger partial charge is 0.264 e. The Balaban J connectivity index is 2.36. The average molecular weight is 312 g/mol. The number of aromatic nitrogens is 2. The number of nitrogens with one attached hydrogen (secondary N) is 1. The molecule has 1 heterocycles. The fraction of sp³-hybridized carbons (Fsp3) is 0.231. The molecule has 1 aromatic heterocycles. The van der Waals surface area contributed by atoms with Crippen LogP contribution in [0.2, 0.25) is 5.28 Å². The van der Waals surface area contributed by atoms with Crippen LogP contribution in [0.4, 0.5) is 5.69 Å². The summed E-state index contributed by atoms with van der Waals surface area (Å²) in [7, 11) is -3.72. The van der Waals surface area contributed by atoms with Gasteiger partial charge in [-0.1, -0.05) is 32.0 Å². The summed E-state index contributed by atoms with van der Waals surface area (Å²) in [4.78, 5) is 7.33. The fourth-order valence-electron chi connectivity index (χ4n) is 1.74. The van der Waals surface area contributed by atoms with Gasteiger partial charge in [-0.3, -0.25) is 4.72 Å². The van der Waals surface area contributed by atoms with Gasteiger partial charge in [0, 0.05) is 0 Å². The van der Waals surface area contributed by atoms with Crippen LogP contribution in [0.25, 0.3) is 0 Å². The molecular formula is C13H14ClN3O2S. The topological polar surface area (TPSA) is 72.0 Å². The van der Waals surface area contributed by atoms with Crippen molar-refractivity contribution in [1.82, 2.24) is 9.97 Å². The fourth-order valence-corrected chi connectivity index (χ4v) is 2.81. The third-order valence-electron chi connectivity index (χ3n) is 2.73. The molecule has 0 radical (unpaired) electrons. The highest BCUT2D eigenvalue weighted by Crippen LogP contribution is 2.25. The van der Waals surface area contributed by atoms with Crippen molar-refractivity contribution in [2.75, 3.05) is 4.72 Å². The van der Waals surface area contributed by atoms with E-state index in [-0.39, 0.29) is 16.1 Å². The van der Waals surface area contributed by atoms with Crippen molar-refractivity contribution in [2.45, 2.75) is 24.7 Å². The molecule has 20 heavy (non-hydrogen) atoms. The monoisotopic (exact) mass is 311 g/mol. The van der Waals surface area contributed by atoms with Gasteiger partial charge in [-0.15, -0.1) is 0 Å². The van der Waals surface area contributed by atoms with Gasteiger partial charge >= 0.3 is 0 Å². The van der Waals surface area contributed by atoms with E-state index in [2.05, 4.69) is 14.7 Å². The third-order valence-corrected chi connectivity index (χ3v) is 4.25. The summed E-state index contributed by atoms with van der Waals surface area (Å²) in [5.41, 5.74) is 1.48. The Morgan fingerprint density at radius 3 is 2.35 bits per heavy atom. The van der Waals surface area contributed by atoms with E-state index in [0.717, 1.165) is 5.56 Å². The first-order valence-corrected chi connectivity index (χ1v) is 7.85. The van der Waals surface area contributed by atoms with E-state index in [4.69, 9.17) is 11.6 Å². The van der Waals surface area contributed by atoms with E-state index in [1.165, 1.54) is 12.4 Å². The van der Waals surface area contributed by atoms with Crippen molar-refractivity contribution >= 4 is 27.3 Å². The Hall–Kier alpha value is -1.66. The summed E-state index contributed by atoms with van der Waals surface area (Å²) in [6.45, 7) is 4.00. The van der Waals surface area contributed by atoms with E-state index in [1.807, 2.05) is 26.0 Å². The van der Waals surface area contributed by atoms with Gasteiger partial charge in [0.1, 0.15) is 4.90 Å². The lowest BCUT2D eigenvalue weighted by Gasteiger charge is -2.14. The van der Waals surface area contributed by atoms with Crippen LogP contribution in [0.3, 0.4) is 0 Å². The SMILES string of the molecule is CC(C)c1ccccc1NS(=O)(=O)c1cnc(Cl)nc1. The Labute approximate surface area is 123 Å². The highest BCUT2D eigenvalue weighted by atomic mass is 35.5. The summed E-state index contributed by atoms with van der Waals surface area (Å²) in [5.74, 6) is 0.204. The molecule has 2 rings (SSSR count). The number of hydrogen-bond acceptors (Lipinski definition) is 4. The molecule has 0 aliphatic heterocycles. The first-order chi connectivity index (χ1) is 9.40. The lowest BCUT2D eigenvalue weighted by Crippen LogP contribution is -2.15. The molecule has 0 aliphatic carbocycles. The molecule has 0 bridgehead atoms. The van der Waals surface area contributed by atoms with Crippen molar-refractivity contribution in [1.29, 1.82) is 0 Å². The Morgan fingerprint density at radius 2 is 1.75 bits per heavy atom. The Bertz CT molecular complexity index is 700. The lowest BCUT2D eigenvalue weighted by atomic mass is 10.0. The van der Waals surface area contributed by atoms with E-state index in [9.17, 15) is 8.42 Å². The highest BCUT2D eigenvalue weighted by Gasteiger charge is 2.17. The molecule has 106 valence electrons. The molecule has 7 heteroatoms. The van der Waals surface area contributed by atoms with Crippen LogP contribution >= 0.6 is 11.6 Å². The van der Waals surface area contributed by atoms with Gasteiger partial charge in [0.2, 0.25) is 5.28 Å². The Morgan fingerprint density at radius 1 is 1.15 bits per heavy atom. The first-order valence-electron chi connectivity index (χ1n) is 5.99. The van der Waals surface area contributed by atoms with Crippen molar-refractivity contribution in [2.24, 2.45) is 0 Å². The van der Waals surface area contributed by atoms with Crippen molar-refractivity contribution < 1.29 is 8.42 Å². The molecule has 0 saturated carbocycles. The molecule has 0 atom stereocenters. The zero-order valence-electron chi connectivity index (χ0n) is 11.0. The number of anilines is 1. The molecule has 1 N–H and O–H groups in total. The quantitative estimate of drug-likeness (QED) is 0.881. The van der Waals surface area contributed by atoms with Crippen molar-refractivity contribution in [3.8, 4) is 0 Å². The molecular weight excluding hydrogens is 298 g/mol. The molecule has 0 aliphatic rings. The van der Waals surface area contributed by atoms with E-state index in [0.29, 0.717) is 5.69 Å². The van der Waals surface area contributed by atoms with Gasteiger partial charge in [0.15, 0.2) is 0 Å². The van der Waals surface area contributed by atoms with E-state index >= 15 is 0 Å². The molecule has 2 aromatic rings. The van der Waals surface area contributed by atoms with Crippen molar-refractivity contribution in [3.05, 3.63) is 47.5 Å². The summed E-state index contributed by atoms with van der Waals surface area (Å²) in [6, 6.07) is 7.27. The maximum Gasteiger partial charge on any atom is 0.264 e. The van der Waals surface area contributed by atoms with Crippen LogP contribution in [-0.4, -0.2) is 18.4 Å². The van der Waals surface area contributed by atoms with Crippen LogP contribution in [0.5, 0.6) is 0 Å². The molecule has 5 nitrogen and oxygen atoms in total. The number of halogens is 1. The zero-order valence-corrected chi connectivity index (χ0v) is 12.6. The number of sulfonamides is 1. The second-order valence-corrected chi connectivity index (χ2v) is 6.56. The van der Waals surface area contributed by atoms with Crippen LogP contribution in [-0.2, 0) is 10.0 Å². The highest BCUT2D eigenvalue weighted by molar-refractivity contribution is 7.92. The normalized spacial score (nSPS) is 11.6. The molecule has 0 fully saturated rings. The van der Waals surface area contributed by atoms with Crippen LogP contribution < -0.4 is 4.72 Å². The van der Waals surface area contributed by atoms with Crippen LogP contribution in [0.15, 0.2) is 41.6 Å². The largest absolute Gasteiger partial charge is 0.279 e. The minimum absolute atomic E-state index is 0.00605. The second-order valence-electron chi connectivity index (χ2n) is 4.54. The molecule has 0 amide bonds. The average Bonchev–Trinajstić information content (AvgIpc) is 2.39. The number of para-hydroxylation sites is 1. The zero-order chi connectivity index (χ0) is 14.8. The third kappa shape index (κ3) is 3.26. The predicted octanol–water partition coefficient (Wildman–Crippen LogP) is 3.05. The molecule has 0 unspecified atom stereocenters. The summed E-state index contributed by atoms with van der Waals surface area (Å²) in [6.07, 6.45) is 2.35. The number of rotatable bonds is 4. The predicted molar refractivity (Wildman–Crippen MR) is 78.4 cm³/mol. The molecule has 0 saturated heterocycles. The van der Waals surface area contributed by atoms with Gasteiger partial charge in [0.05, 0.1) is 18.1 Å². The maximum atomic E-state index is 12.3. The lowest BCUT2D eigenvalue weighted by molar-refractivity contribution is 0.600. The summed E-state index contributed by atoms with van der Waals surface area (Å²) in [5, 5.41) is 0.00605. The van der Waals surface area contributed by atoms with Crippen LogP contribution in [0.1, 0.15) is 25.3 Å². The van der Waals surface area contributed by atoms with Gasteiger partial charge in [0.25, 0.3) is 10.0 Å². The van der Waals surface area contributed by atoms with Gasteiger partial charge in [-0.05, 0) is 29.1 Å². The number of benzene rings is 1. The standard InChI is InChI=1S/C13H14ClN3O2S/c1-9(2)11-5-3-4-6-12(11)17-20(18,19)10-7-15-13(14)16-8-10/h3-9,17H,1-2H3. The van der Waals surface area contributed by atoms with E-state index in [1.54, 1.807) is 12.1 Å². The summed E-state index contributed by atoms with van der Waals surface area (Å²) < 4.78 is 27.1. The van der Waals surface area contributed by atoms with Crippen molar-refractivity contribution in [3.63, 3.8) is 0 Å². The minimum atomic E-state index is -3.72. The van der Waals surface area contributed by atoms with Gasteiger partial charge in [-0.2, -0.15) is 0 Å². The number of hydrogen-bond donors (Lipinski definition) is 1. The number of nitrogens with zero attached hydrogens (tertiary/aromatic N) is 2.